The van der Waals surface area contributed by atoms with E-state index in [2.05, 4.69) is 16.8 Å². The molecule has 0 saturated carbocycles. The molecule has 0 radical (unpaired) electrons. The van der Waals surface area contributed by atoms with Crippen molar-refractivity contribution in [3.8, 4) is 5.75 Å². The second kappa shape index (κ2) is 11.8. The molecule has 7 nitrogen and oxygen atoms in total. The first-order chi connectivity index (χ1) is 17.8. The standard InChI is InChI=1S/C29H35N3O4S/c1-4-5-8-23-12-14-24(15-13-23)21-37(34,35)27-16-11-22(2)28(30-27)29(33)32-19-17-31(18-20-32)25-9-6-7-10-26(25)36-3/h6-7,9-16H,4-5,8,17-21H2,1-3H3. The van der Waals surface area contributed by atoms with Gasteiger partial charge in [0, 0.05) is 26.2 Å². The lowest BCUT2D eigenvalue weighted by Gasteiger charge is -2.36. The van der Waals surface area contributed by atoms with E-state index in [4.69, 9.17) is 4.74 Å². The molecule has 37 heavy (non-hydrogen) atoms. The Labute approximate surface area is 220 Å². The van der Waals surface area contributed by atoms with E-state index in [9.17, 15) is 13.2 Å². The van der Waals surface area contributed by atoms with Gasteiger partial charge in [0.1, 0.15) is 11.4 Å². The number of unbranched alkanes of at least 4 members (excludes halogenated alkanes) is 1. The molecule has 1 amide bonds. The Bertz CT molecular complexity index is 1330. The highest BCUT2D eigenvalue weighted by Crippen LogP contribution is 2.28. The number of ether oxygens (including phenoxy) is 1. The zero-order chi connectivity index (χ0) is 26.4. The van der Waals surface area contributed by atoms with Crippen LogP contribution in [0.1, 0.15) is 46.9 Å². The number of benzene rings is 2. The van der Waals surface area contributed by atoms with E-state index in [1.165, 1.54) is 11.6 Å². The van der Waals surface area contributed by atoms with Gasteiger partial charge in [-0.2, -0.15) is 0 Å². The summed E-state index contributed by atoms with van der Waals surface area (Å²) in [6, 6.07) is 18.7. The normalized spacial score (nSPS) is 14.0. The second-order valence-corrected chi connectivity index (χ2v) is 11.4. The number of aryl methyl sites for hydroxylation is 2. The number of piperazine rings is 1. The lowest BCUT2D eigenvalue weighted by atomic mass is 10.1. The molecule has 196 valence electrons. The van der Waals surface area contributed by atoms with Gasteiger partial charge < -0.3 is 14.5 Å². The minimum absolute atomic E-state index is 0.0656. The molecule has 1 saturated heterocycles. The molecule has 3 aromatic rings. The van der Waals surface area contributed by atoms with Gasteiger partial charge in [-0.25, -0.2) is 13.4 Å². The summed E-state index contributed by atoms with van der Waals surface area (Å²) in [5.74, 6) is 0.408. The third-order valence-electron chi connectivity index (χ3n) is 6.78. The van der Waals surface area contributed by atoms with Crippen LogP contribution in [0.4, 0.5) is 5.69 Å². The molecule has 0 bridgehead atoms. The van der Waals surface area contributed by atoms with Gasteiger partial charge in [0.25, 0.3) is 5.91 Å². The van der Waals surface area contributed by atoms with Gasteiger partial charge in [-0.05, 0) is 54.7 Å². The molecule has 0 spiro atoms. The maximum absolute atomic E-state index is 13.4. The maximum atomic E-state index is 13.4. The number of rotatable bonds is 9. The molecule has 0 atom stereocenters. The van der Waals surface area contributed by atoms with E-state index in [0.29, 0.717) is 37.3 Å². The predicted molar refractivity (Wildman–Crippen MR) is 146 cm³/mol. The first-order valence-electron chi connectivity index (χ1n) is 12.8. The fourth-order valence-corrected chi connectivity index (χ4v) is 5.85. The molecule has 1 fully saturated rings. The van der Waals surface area contributed by atoms with E-state index in [0.717, 1.165) is 30.7 Å². The number of nitrogens with zero attached hydrogens (tertiary/aromatic N) is 3. The van der Waals surface area contributed by atoms with E-state index < -0.39 is 9.84 Å². The van der Waals surface area contributed by atoms with Gasteiger partial charge in [-0.15, -0.1) is 0 Å². The number of para-hydroxylation sites is 2. The summed E-state index contributed by atoms with van der Waals surface area (Å²) in [7, 11) is -2.05. The van der Waals surface area contributed by atoms with Crippen LogP contribution in [0.3, 0.4) is 0 Å². The molecule has 2 aromatic carbocycles. The lowest BCUT2D eigenvalue weighted by Crippen LogP contribution is -2.49. The minimum Gasteiger partial charge on any atom is -0.495 e. The minimum atomic E-state index is -3.70. The number of carbonyl (C=O) groups is 1. The Hall–Kier alpha value is -3.39. The van der Waals surface area contributed by atoms with Gasteiger partial charge in [0.05, 0.1) is 18.6 Å². The number of pyridine rings is 1. The van der Waals surface area contributed by atoms with Crippen molar-refractivity contribution in [2.24, 2.45) is 0 Å². The third kappa shape index (κ3) is 6.31. The Kier molecular flexibility index (Phi) is 8.48. The Morgan fingerprint density at radius 2 is 1.62 bits per heavy atom. The lowest BCUT2D eigenvalue weighted by molar-refractivity contribution is 0.0739. The van der Waals surface area contributed by atoms with Crippen molar-refractivity contribution in [3.63, 3.8) is 0 Å². The van der Waals surface area contributed by atoms with Crippen molar-refractivity contribution in [1.29, 1.82) is 0 Å². The molecular formula is C29H35N3O4S. The molecule has 0 N–H and O–H groups in total. The van der Waals surface area contributed by atoms with Crippen LogP contribution in [-0.2, 0) is 22.0 Å². The summed E-state index contributed by atoms with van der Waals surface area (Å²) < 4.78 is 31.8. The monoisotopic (exact) mass is 521 g/mol. The summed E-state index contributed by atoms with van der Waals surface area (Å²) in [6.07, 6.45) is 3.21. The van der Waals surface area contributed by atoms with Gasteiger partial charge in [0.2, 0.25) is 0 Å². The van der Waals surface area contributed by atoms with E-state index in [1.807, 2.05) is 48.5 Å². The molecule has 0 aliphatic carbocycles. The van der Waals surface area contributed by atoms with Gasteiger partial charge in [-0.3, -0.25) is 4.79 Å². The predicted octanol–water partition coefficient (Wildman–Crippen LogP) is 4.68. The number of methoxy groups -OCH3 is 1. The zero-order valence-corrected chi connectivity index (χ0v) is 22.6. The van der Waals surface area contributed by atoms with Crippen LogP contribution < -0.4 is 9.64 Å². The van der Waals surface area contributed by atoms with E-state index >= 15 is 0 Å². The number of amides is 1. The van der Waals surface area contributed by atoms with Crippen molar-refractivity contribution in [3.05, 3.63) is 83.0 Å². The van der Waals surface area contributed by atoms with Crippen LogP contribution in [0.2, 0.25) is 0 Å². The summed E-state index contributed by atoms with van der Waals surface area (Å²) in [5, 5.41) is -0.0656. The molecule has 0 unspecified atom stereocenters. The summed E-state index contributed by atoms with van der Waals surface area (Å²) >= 11 is 0. The fourth-order valence-electron chi connectivity index (χ4n) is 4.57. The van der Waals surface area contributed by atoms with E-state index in [1.54, 1.807) is 25.0 Å². The molecule has 1 aliphatic rings. The highest BCUT2D eigenvalue weighted by Gasteiger charge is 2.27. The molecule has 2 heterocycles. The molecular weight excluding hydrogens is 486 g/mol. The number of carbonyl (C=O) groups excluding carboxylic acids is 1. The number of anilines is 1. The summed E-state index contributed by atoms with van der Waals surface area (Å²) in [5.41, 5.74) is 3.77. The van der Waals surface area contributed by atoms with Crippen LogP contribution in [0.15, 0.2) is 65.7 Å². The number of hydrogen-bond acceptors (Lipinski definition) is 6. The SMILES string of the molecule is CCCCc1ccc(CS(=O)(=O)c2ccc(C)c(C(=O)N3CCN(c4ccccc4OC)CC3)n2)cc1. The van der Waals surface area contributed by atoms with Crippen LogP contribution >= 0.6 is 0 Å². The van der Waals surface area contributed by atoms with Crippen molar-refractivity contribution >= 4 is 21.4 Å². The van der Waals surface area contributed by atoms with Crippen molar-refractivity contribution in [2.45, 2.75) is 43.9 Å². The summed E-state index contributed by atoms with van der Waals surface area (Å²) in [6.45, 7) is 6.26. The quantitative estimate of drug-likeness (QED) is 0.407. The fraction of sp³-hybridized carbons (Fsp3) is 0.379. The van der Waals surface area contributed by atoms with Crippen LogP contribution in [0, 0.1) is 6.92 Å². The van der Waals surface area contributed by atoms with Gasteiger partial charge in [-0.1, -0.05) is 55.8 Å². The highest BCUT2D eigenvalue weighted by atomic mass is 32.2. The van der Waals surface area contributed by atoms with Gasteiger partial charge in [0.15, 0.2) is 14.9 Å². The second-order valence-electron chi connectivity index (χ2n) is 9.45. The first kappa shape index (κ1) is 26.7. The Balaban J connectivity index is 1.46. The smallest absolute Gasteiger partial charge is 0.272 e. The van der Waals surface area contributed by atoms with Crippen molar-refractivity contribution in [2.75, 3.05) is 38.2 Å². The van der Waals surface area contributed by atoms with Crippen molar-refractivity contribution < 1.29 is 17.9 Å². The number of aromatic nitrogens is 1. The van der Waals surface area contributed by atoms with Gasteiger partial charge >= 0.3 is 0 Å². The molecule has 1 aliphatic heterocycles. The van der Waals surface area contributed by atoms with Crippen LogP contribution in [0.5, 0.6) is 5.75 Å². The third-order valence-corrected chi connectivity index (χ3v) is 8.36. The topological polar surface area (TPSA) is 79.8 Å². The Morgan fingerprint density at radius 1 is 0.946 bits per heavy atom. The van der Waals surface area contributed by atoms with E-state index in [-0.39, 0.29) is 22.4 Å². The Morgan fingerprint density at radius 3 is 2.30 bits per heavy atom. The highest BCUT2D eigenvalue weighted by molar-refractivity contribution is 7.90. The molecule has 4 rings (SSSR count). The average Bonchev–Trinajstić information content (AvgIpc) is 2.92. The summed E-state index contributed by atoms with van der Waals surface area (Å²) in [4.78, 5) is 21.7. The largest absolute Gasteiger partial charge is 0.495 e. The number of hydrogen-bond donors (Lipinski definition) is 0. The molecule has 1 aromatic heterocycles. The number of sulfone groups is 1. The van der Waals surface area contributed by atoms with Crippen LogP contribution in [0.25, 0.3) is 0 Å². The molecule has 8 heteroatoms. The van der Waals surface area contributed by atoms with Crippen molar-refractivity contribution in [1.82, 2.24) is 9.88 Å². The first-order valence-corrected chi connectivity index (χ1v) is 14.4. The maximum Gasteiger partial charge on any atom is 0.272 e. The zero-order valence-electron chi connectivity index (χ0n) is 21.8. The average molecular weight is 522 g/mol. The van der Waals surface area contributed by atoms with Crippen LogP contribution in [-0.4, -0.2) is 57.5 Å².